The molecule has 2 aliphatic carbocycles. The minimum atomic E-state index is -4.71. The number of halogens is 3. The van der Waals surface area contributed by atoms with Crippen molar-refractivity contribution in [1.82, 2.24) is 0 Å². The van der Waals surface area contributed by atoms with Gasteiger partial charge in [-0.05, 0) is 68.6 Å². The van der Waals surface area contributed by atoms with Crippen molar-refractivity contribution < 1.29 is 28.2 Å². The van der Waals surface area contributed by atoms with Crippen molar-refractivity contribution in [1.29, 1.82) is 0 Å². The van der Waals surface area contributed by atoms with Crippen LogP contribution in [0.2, 0.25) is 0 Å². The summed E-state index contributed by atoms with van der Waals surface area (Å²) >= 11 is 0. The molecule has 3 aliphatic rings. The highest BCUT2D eigenvalue weighted by Gasteiger charge is 2.53. The molecule has 0 bridgehead atoms. The zero-order chi connectivity index (χ0) is 20.2. The average Bonchev–Trinajstić information content (AvgIpc) is 2.92. The third kappa shape index (κ3) is 3.22. The van der Waals surface area contributed by atoms with E-state index >= 15 is 0 Å². The summed E-state index contributed by atoms with van der Waals surface area (Å²) in [6.45, 7) is 0.530. The maximum atomic E-state index is 13.1. The van der Waals surface area contributed by atoms with E-state index in [1.807, 2.05) is 0 Å². The smallest absolute Gasteiger partial charge is 0.390 e. The first-order valence-corrected chi connectivity index (χ1v) is 10.0. The van der Waals surface area contributed by atoms with Crippen LogP contribution in [-0.2, 0) is 4.79 Å². The minimum absolute atomic E-state index is 0.00674. The molecule has 1 heterocycles. The van der Waals surface area contributed by atoms with Gasteiger partial charge in [0.25, 0.3) is 0 Å². The number of hydrogen-bond acceptors (Lipinski definition) is 3. The Morgan fingerprint density at radius 3 is 2.14 bits per heavy atom. The van der Waals surface area contributed by atoms with Crippen LogP contribution in [0.1, 0.15) is 63.0 Å². The molecule has 1 spiro atoms. The van der Waals surface area contributed by atoms with Crippen molar-refractivity contribution in [3.05, 3.63) is 29.8 Å². The van der Waals surface area contributed by atoms with Crippen LogP contribution < -0.4 is 4.90 Å². The maximum absolute atomic E-state index is 13.1. The molecular weight excluding hydrogens is 371 g/mol. The SMILES string of the molecule is O=C1N(c2ccc(C(O)C(F)(F)F)cc2)CCC12CCC(O)(C1CCC1)CC2. The number of anilines is 1. The summed E-state index contributed by atoms with van der Waals surface area (Å²) in [6.07, 6.45) is -0.593. The van der Waals surface area contributed by atoms with E-state index in [4.69, 9.17) is 0 Å². The molecule has 2 N–H and O–H groups in total. The normalized spacial score (nSPS) is 32.6. The molecule has 4 nitrogen and oxygen atoms in total. The molecular formula is C21H26F3NO3. The van der Waals surface area contributed by atoms with Crippen LogP contribution >= 0.6 is 0 Å². The fourth-order valence-electron chi connectivity index (χ4n) is 5.07. The molecule has 0 aromatic heterocycles. The number of benzene rings is 1. The van der Waals surface area contributed by atoms with Crippen LogP contribution in [0.5, 0.6) is 0 Å². The fourth-order valence-corrected chi connectivity index (χ4v) is 5.07. The molecule has 1 unspecified atom stereocenters. The van der Waals surface area contributed by atoms with Gasteiger partial charge in [-0.25, -0.2) is 0 Å². The van der Waals surface area contributed by atoms with Gasteiger partial charge in [0.15, 0.2) is 6.10 Å². The first-order valence-electron chi connectivity index (χ1n) is 10.0. The van der Waals surface area contributed by atoms with Gasteiger partial charge < -0.3 is 15.1 Å². The summed E-state index contributed by atoms with van der Waals surface area (Å²) < 4.78 is 38.0. The summed E-state index contributed by atoms with van der Waals surface area (Å²) in [5.74, 6) is 0.373. The van der Waals surface area contributed by atoms with Gasteiger partial charge in [-0.1, -0.05) is 18.6 Å². The van der Waals surface area contributed by atoms with E-state index in [0.29, 0.717) is 50.3 Å². The van der Waals surface area contributed by atoms with Gasteiger partial charge in [-0.3, -0.25) is 4.79 Å². The quantitative estimate of drug-likeness (QED) is 0.807. The monoisotopic (exact) mass is 397 g/mol. The van der Waals surface area contributed by atoms with Gasteiger partial charge in [0.1, 0.15) is 0 Å². The Morgan fingerprint density at radius 2 is 1.64 bits per heavy atom. The molecule has 7 heteroatoms. The number of hydrogen-bond donors (Lipinski definition) is 2. The number of nitrogens with zero attached hydrogens (tertiary/aromatic N) is 1. The van der Waals surface area contributed by atoms with Gasteiger partial charge in [0.05, 0.1) is 11.0 Å². The number of rotatable bonds is 3. The Bertz CT molecular complexity index is 734. The predicted molar refractivity (Wildman–Crippen MR) is 97.6 cm³/mol. The molecule has 1 saturated heterocycles. The summed E-state index contributed by atoms with van der Waals surface area (Å²) in [4.78, 5) is 14.8. The molecule has 4 rings (SSSR count). The van der Waals surface area contributed by atoms with Crippen LogP contribution in [-0.4, -0.2) is 34.4 Å². The second-order valence-corrected chi connectivity index (χ2v) is 8.75. The van der Waals surface area contributed by atoms with Crippen molar-refractivity contribution in [3.8, 4) is 0 Å². The highest BCUT2D eigenvalue weighted by atomic mass is 19.4. The maximum Gasteiger partial charge on any atom is 0.418 e. The van der Waals surface area contributed by atoms with Crippen LogP contribution in [0, 0.1) is 11.3 Å². The highest BCUT2D eigenvalue weighted by molar-refractivity contribution is 6.00. The molecule has 1 atom stereocenters. The van der Waals surface area contributed by atoms with Gasteiger partial charge in [0.2, 0.25) is 5.91 Å². The van der Waals surface area contributed by atoms with E-state index in [-0.39, 0.29) is 11.5 Å². The van der Waals surface area contributed by atoms with Gasteiger partial charge in [-0.2, -0.15) is 13.2 Å². The molecule has 3 fully saturated rings. The summed E-state index contributed by atoms with van der Waals surface area (Å²) in [5.41, 5.74) is -0.771. The van der Waals surface area contributed by atoms with Crippen LogP contribution in [0.4, 0.5) is 18.9 Å². The van der Waals surface area contributed by atoms with Crippen molar-refractivity contribution in [3.63, 3.8) is 0 Å². The molecule has 1 aliphatic heterocycles. The second kappa shape index (κ2) is 6.73. The number of amides is 1. The Morgan fingerprint density at radius 1 is 1.04 bits per heavy atom. The highest BCUT2D eigenvalue weighted by Crippen LogP contribution is 2.53. The fraction of sp³-hybridized carbons (Fsp3) is 0.667. The molecule has 2 saturated carbocycles. The number of carbonyl (C=O) groups excluding carboxylic acids is 1. The Balaban J connectivity index is 1.45. The van der Waals surface area contributed by atoms with E-state index in [9.17, 15) is 28.2 Å². The van der Waals surface area contributed by atoms with Gasteiger partial charge in [-0.15, -0.1) is 0 Å². The molecule has 1 aromatic rings. The Labute approximate surface area is 162 Å². The molecule has 28 heavy (non-hydrogen) atoms. The molecule has 0 radical (unpaired) electrons. The topological polar surface area (TPSA) is 60.8 Å². The first-order chi connectivity index (χ1) is 13.1. The molecule has 1 aromatic carbocycles. The molecule has 1 amide bonds. The lowest BCUT2D eigenvalue weighted by atomic mass is 9.60. The third-order valence-electron chi connectivity index (χ3n) is 7.28. The van der Waals surface area contributed by atoms with Gasteiger partial charge in [0, 0.05) is 12.2 Å². The van der Waals surface area contributed by atoms with E-state index < -0.39 is 23.3 Å². The lowest BCUT2D eigenvalue weighted by Gasteiger charge is -2.48. The van der Waals surface area contributed by atoms with Crippen LogP contribution in [0.25, 0.3) is 0 Å². The number of carbonyl (C=O) groups is 1. The summed E-state index contributed by atoms with van der Waals surface area (Å²) in [6, 6.07) is 5.38. The Kier molecular flexibility index (Phi) is 4.74. The predicted octanol–water partition coefficient (Wildman–Crippen LogP) is 4.11. The molecule has 154 valence electrons. The zero-order valence-corrected chi connectivity index (χ0v) is 15.7. The number of alkyl halides is 3. The average molecular weight is 397 g/mol. The van der Waals surface area contributed by atoms with Crippen molar-refractivity contribution in [2.24, 2.45) is 11.3 Å². The lowest BCUT2D eigenvalue weighted by molar-refractivity contribution is -0.206. The number of aliphatic hydroxyl groups excluding tert-OH is 1. The van der Waals surface area contributed by atoms with E-state index in [1.54, 1.807) is 4.90 Å². The van der Waals surface area contributed by atoms with Crippen molar-refractivity contribution in [2.75, 3.05) is 11.4 Å². The number of aliphatic hydroxyl groups is 2. The van der Waals surface area contributed by atoms with Crippen LogP contribution in [0.15, 0.2) is 24.3 Å². The zero-order valence-electron chi connectivity index (χ0n) is 15.7. The Hall–Kier alpha value is -1.60. The third-order valence-corrected chi connectivity index (χ3v) is 7.28. The van der Waals surface area contributed by atoms with Crippen molar-refractivity contribution in [2.45, 2.75) is 69.2 Å². The van der Waals surface area contributed by atoms with Gasteiger partial charge >= 0.3 is 6.18 Å². The van der Waals surface area contributed by atoms with E-state index in [2.05, 4.69) is 0 Å². The standard InChI is InChI=1S/C21H26F3NO3/c22-21(23,24)17(26)14-4-6-16(7-5-14)25-13-12-19(18(25)27)8-10-20(28,11-9-19)15-2-1-3-15/h4-7,15,17,26,28H,1-3,8-13H2. The van der Waals surface area contributed by atoms with E-state index in [1.165, 1.54) is 30.7 Å². The second-order valence-electron chi connectivity index (χ2n) is 8.75. The minimum Gasteiger partial charge on any atom is -0.390 e. The summed E-state index contributed by atoms with van der Waals surface area (Å²) in [7, 11) is 0. The van der Waals surface area contributed by atoms with Crippen LogP contribution in [0.3, 0.4) is 0 Å². The first kappa shape index (κ1) is 19.7. The van der Waals surface area contributed by atoms with E-state index in [0.717, 1.165) is 12.8 Å². The summed E-state index contributed by atoms with van der Waals surface area (Å²) in [5, 5.41) is 20.3. The largest absolute Gasteiger partial charge is 0.418 e. The lowest BCUT2D eigenvalue weighted by Crippen LogP contribution is -2.49. The van der Waals surface area contributed by atoms with Crippen molar-refractivity contribution >= 4 is 11.6 Å².